The van der Waals surface area contributed by atoms with Crippen LogP contribution in [0.4, 0.5) is 5.69 Å². The largest absolute Gasteiger partial charge is 0.497 e. The molecule has 150 valence electrons. The number of carbonyl (C=O) groups is 2. The number of methoxy groups -OCH3 is 2. The van der Waals surface area contributed by atoms with Crippen LogP contribution in [-0.4, -0.2) is 45.7 Å². The molecular formula is C21H28N3O4+. The number of hydrogen-bond donors (Lipinski definition) is 3. The third kappa shape index (κ3) is 6.92. The topological polar surface area (TPSA) is 81.1 Å². The van der Waals surface area contributed by atoms with E-state index in [1.807, 2.05) is 31.2 Å². The van der Waals surface area contributed by atoms with E-state index in [0.717, 1.165) is 22.0 Å². The number of carbonyl (C=O) groups excluding carboxylic acids is 2. The Morgan fingerprint density at radius 2 is 1.61 bits per heavy atom. The van der Waals surface area contributed by atoms with Crippen LogP contribution in [0.5, 0.6) is 11.5 Å². The van der Waals surface area contributed by atoms with E-state index in [1.54, 1.807) is 38.5 Å². The lowest BCUT2D eigenvalue weighted by Crippen LogP contribution is -3.13. The molecule has 0 aromatic heterocycles. The van der Waals surface area contributed by atoms with E-state index in [4.69, 9.17) is 9.47 Å². The minimum Gasteiger partial charge on any atom is -0.497 e. The molecule has 3 N–H and O–H groups in total. The van der Waals surface area contributed by atoms with E-state index in [-0.39, 0.29) is 24.9 Å². The van der Waals surface area contributed by atoms with E-state index in [2.05, 4.69) is 10.6 Å². The zero-order valence-corrected chi connectivity index (χ0v) is 16.6. The van der Waals surface area contributed by atoms with Gasteiger partial charge in [-0.25, -0.2) is 0 Å². The molecule has 2 rings (SSSR count). The van der Waals surface area contributed by atoms with E-state index < -0.39 is 0 Å². The lowest BCUT2D eigenvalue weighted by molar-refractivity contribution is -0.881. The normalized spacial score (nSPS) is 11.4. The maximum Gasteiger partial charge on any atom is 0.279 e. The molecule has 2 aromatic rings. The minimum absolute atomic E-state index is 0.100. The highest BCUT2D eigenvalue weighted by Gasteiger charge is 2.16. The molecule has 0 fully saturated rings. The zero-order chi connectivity index (χ0) is 20.4. The Morgan fingerprint density at radius 1 is 0.929 bits per heavy atom. The summed E-state index contributed by atoms with van der Waals surface area (Å²) in [5, 5.41) is 5.73. The van der Waals surface area contributed by atoms with Crippen LogP contribution in [0.1, 0.15) is 12.5 Å². The molecule has 0 aliphatic rings. The van der Waals surface area contributed by atoms with E-state index >= 15 is 0 Å². The first-order chi connectivity index (χ1) is 13.5. The first kappa shape index (κ1) is 21.2. The van der Waals surface area contributed by atoms with Gasteiger partial charge in [0.05, 0.1) is 20.8 Å². The van der Waals surface area contributed by atoms with Gasteiger partial charge in [-0.05, 0) is 48.9 Å². The maximum absolute atomic E-state index is 12.3. The molecule has 0 heterocycles. The Bertz CT molecular complexity index is 777. The number of nitrogens with one attached hydrogen (secondary N) is 3. The van der Waals surface area contributed by atoms with E-state index in [1.165, 1.54) is 0 Å². The zero-order valence-electron chi connectivity index (χ0n) is 16.6. The van der Waals surface area contributed by atoms with Gasteiger partial charge in [0.1, 0.15) is 11.5 Å². The van der Waals surface area contributed by atoms with Crippen LogP contribution in [0.3, 0.4) is 0 Å². The van der Waals surface area contributed by atoms with E-state index in [0.29, 0.717) is 18.8 Å². The number of rotatable bonds is 10. The van der Waals surface area contributed by atoms with Crippen molar-refractivity contribution in [2.75, 3.05) is 39.2 Å². The van der Waals surface area contributed by atoms with Crippen molar-refractivity contribution in [3.63, 3.8) is 0 Å². The first-order valence-corrected chi connectivity index (χ1v) is 9.21. The summed E-state index contributed by atoms with van der Waals surface area (Å²) in [4.78, 5) is 25.4. The molecule has 7 nitrogen and oxygen atoms in total. The highest BCUT2D eigenvalue weighted by Crippen LogP contribution is 2.14. The molecule has 0 bridgehead atoms. The first-order valence-electron chi connectivity index (χ1n) is 9.21. The van der Waals surface area contributed by atoms with Gasteiger partial charge in [-0.2, -0.15) is 0 Å². The standard InChI is InChI=1S/C21H27N3O4/c1-4-24(15-21(26)23-17-8-10-18(27-2)11-9-17)14-20(25)22-13-16-6-5-7-19(12-16)28-3/h5-12H,4,13-15H2,1-3H3,(H,22,25)(H,23,26)/p+1. The fraction of sp³-hybridized carbons (Fsp3) is 0.333. The van der Waals surface area contributed by atoms with Gasteiger partial charge in [0.15, 0.2) is 13.1 Å². The van der Waals surface area contributed by atoms with Crippen molar-refractivity contribution in [3.05, 3.63) is 54.1 Å². The van der Waals surface area contributed by atoms with Gasteiger partial charge in [-0.15, -0.1) is 0 Å². The fourth-order valence-electron chi connectivity index (χ4n) is 2.69. The predicted molar refractivity (Wildman–Crippen MR) is 108 cm³/mol. The van der Waals surface area contributed by atoms with Crippen molar-refractivity contribution < 1.29 is 24.0 Å². The molecule has 0 saturated heterocycles. The molecule has 0 spiro atoms. The smallest absolute Gasteiger partial charge is 0.279 e. The lowest BCUT2D eigenvalue weighted by atomic mass is 10.2. The van der Waals surface area contributed by atoms with Crippen LogP contribution in [0, 0.1) is 0 Å². The van der Waals surface area contributed by atoms with Crippen molar-refractivity contribution in [3.8, 4) is 11.5 Å². The molecule has 28 heavy (non-hydrogen) atoms. The van der Waals surface area contributed by atoms with E-state index in [9.17, 15) is 9.59 Å². The molecule has 1 atom stereocenters. The van der Waals surface area contributed by atoms with Gasteiger partial charge in [-0.3, -0.25) is 9.59 Å². The second-order valence-corrected chi connectivity index (χ2v) is 6.36. The van der Waals surface area contributed by atoms with Crippen LogP contribution < -0.4 is 25.0 Å². The van der Waals surface area contributed by atoms with Gasteiger partial charge >= 0.3 is 0 Å². The highest BCUT2D eigenvalue weighted by molar-refractivity contribution is 5.91. The Kier molecular flexibility index (Phi) is 8.30. The molecular weight excluding hydrogens is 358 g/mol. The molecule has 0 aliphatic carbocycles. The summed E-state index contributed by atoms with van der Waals surface area (Å²) >= 11 is 0. The predicted octanol–water partition coefficient (Wildman–Crippen LogP) is 0.864. The number of hydrogen-bond acceptors (Lipinski definition) is 4. The summed E-state index contributed by atoms with van der Waals surface area (Å²) in [6.07, 6.45) is 0. The molecule has 2 aromatic carbocycles. The molecule has 0 aliphatic heterocycles. The van der Waals surface area contributed by atoms with Crippen LogP contribution in [0.15, 0.2) is 48.5 Å². The van der Waals surface area contributed by atoms with Gasteiger partial charge in [0.2, 0.25) is 0 Å². The summed E-state index contributed by atoms with van der Waals surface area (Å²) in [5.74, 6) is 1.24. The quantitative estimate of drug-likeness (QED) is 0.566. The number of quaternary nitrogens is 1. The molecule has 1 unspecified atom stereocenters. The van der Waals surface area contributed by atoms with Crippen LogP contribution in [-0.2, 0) is 16.1 Å². The number of ether oxygens (including phenoxy) is 2. The van der Waals surface area contributed by atoms with Crippen molar-refractivity contribution in [2.45, 2.75) is 13.5 Å². The number of benzene rings is 2. The molecule has 0 radical (unpaired) electrons. The van der Waals surface area contributed by atoms with Crippen molar-refractivity contribution in [2.24, 2.45) is 0 Å². The Labute approximate surface area is 165 Å². The number of amides is 2. The molecule has 2 amide bonds. The number of likely N-dealkylation sites (N-methyl/N-ethyl adjacent to an activating group) is 1. The van der Waals surface area contributed by atoms with Crippen LogP contribution >= 0.6 is 0 Å². The molecule has 7 heteroatoms. The van der Waals surface area contributed by atoms with Gasteiger partial charge < -0.3 is 25.0 Å². The van der Waals surface area contributed by atoms with Gasteiger partial charge in [0, 0.05) is 12.2 Å². The van der Waals surface area contributed by atoms with Crippen molar-refractivity contribution >= 4 is 17.5 Å². The van der Waals surface area contributed by atoms with Crippen molar-refractivity contribution in [1.29, 1.82) is 0 Å². The summed E-state index contributed by atoms with van der Waals surface area (Å²) < 4.78 is 10.3. The third-order valence-corrected chi connectivity index (χ3v) is 4.32. The minimum atomic E-state index is -0.136. The summed E-state index contributed by atoms with van der Waals surface area (Å²) in [6.45, 7) is 3.49. The van der Waals surface area contributed by atoms with Crippen LogP contribution in [0.2, 0.25) is 0 Å². The van der Waals surface area contributed by atoms with Crippen molar-refractivity contribution in [1.82, 2.24) is 5.32 Å². The average Bonchev–Trinajstić information content (AvgIpc) is 2.72. The lowest BCUT2D eigenvalue weighted by Gasteiger charge is -2.17. The highest BCUT2D eigenvalue weighted by atomic mass is 16.5. The second kappa shape index (κ2) is 10.9. The number of anilines is 1. The Hall–Kier alpha value is -3.06. The SMILES string of the molecule is CC[NH+](CC(=O)NCc1cccc(OC)c1)CC(=O)Nc1ccc(OC)cc1. The van der Waals surface area contributed by atoms with Gasteiger partial charge in [0.25, 0.3) is 11.8 Å². The average molecular weight is 386 g/mol. The summed E-state index contributed by atoms with van der Waals surface area (Å²) in [7, 11) is 3.20. The van der Waals surface area contributed by atoms with Crippen LogP contribution in [0.25, 0.3) is 0 Å². The second-order valence-electron chi connectivity index (χ2n) is 6.36. The molecule has 0 saturated carbocycles. The summed E-state index contributed by atoms with van der Waals surface area (Å²) in [5.41, 5.74) is 1.66. The Balaban J connectivity index is 1.79. The summed E-state index contributed by atoms with van der Waals surface area (Å²) in [6, 6.07) is 14.7. The third-order valence-electron chi connectivity index (χ3n) is 4.32. The van der Waals surface area contributed by atoms with Gasteiger partial charge in [-0.1, -0.05) is 12.1 Å². The fourth-order valence-corrected chi connectivity index (χ4v) is 2.69. The Morgan fingerprint density at radius 3 is 2.25 bits per heavy atom. The monoisotopic (exact) mass is 386 g/mol. The maximum atomic E-state index is 12.3.